The van der Waals surface area contributed by atoms with Crippen LogP contribution >= 0.6 is 0 Å². The molecule has 2 aliphatic carbocycles. The zero-order valence-electron chi connectivity index (χ0n) is 14.7. The maximum atomic E-state index is 10.3. The minimum atomic E-state index is -0.726. The van der Waals surface area contributed by atoms with E-state index in [1.54, 1.807) is 11.6 Å². The fourth-order valence-corrected chi connectivity index (χ4v) is 4.96. The highest BCUT2D eigenvalue weighted by atomic mass is 16.3. The van der Waals surface area contributed by atoms with E-state index in [4.69, 9.17) is 0 Å². The van der Waals surface area contributed by atoms with Crippen LogP contribution in [0.1, 0.15) is 73.1 Å². The fourth-order valence-electron chi connectivity index (χ4n) is 4.96. The lowest BCUT2D eigenvalue weighted by molar-refractivity contribution is -0.0582. The van der Waals surface area contributed by atoms with E-state index in [-0.39, 0.29) is 0 Å². The van der Waals surface area contributed by atoms with Gasteiger partial charge < -0.3 is 5.11 Å². The molecule has 1 heteroatoms. The zero-order valence-corrected chi connectivity index (χ0v) is 14.7. The molecule has 5 atom stereocenters. The molecular weight excluding hydrogens is 256 g/mol. The highest BCUT2D eigenvalue weighted by Gasteiger charge is 2.53. The predicted octanol–water partition coefficient (Wildman–Crippen LogP) is 5.50. The summed E-state index contributed by atoms with van der Waals surface area (Å²) in [6.07, 6.45) is 11.3. The van der Waals surface area contributed by atoms with Gasteiger partial charge in [0.1, 0.15) is 0 Å². The summed E-state index contributed by atoms with van der Waals surface area (Å²) < 4.78 is 0. The third kappa shape index (κ3) is 2.86. The second-order valence-electron chi connectivity index (χ2n) is 8.44. The second kappa shape index (κ2) is 5.57. The van der Waals surface area contributed by atoms with Crippen LogP contribution in [0.3, 0.4) is 0 Å². The number of rotatable bonds is 4. The highest BCUT2D eigenvalue weighted by Crippen LogP contribution is 2.61. The topological polar surface area (TPSA) is 20.2 Å². The van der Waals surface area contributed by atoms with Crippen molar-refractivity contribution in [2.24, 2.45) is 22.7 Å². The molecule has 0 radical (unpaired) electrons. The maximum absolute atomic E-state index is 10.3. The summed E-state index contributed by atoms with van der Waals surface area (Å²) >= 11 is 0. The molecule has 0 aromatic rings. The van der Waals surface area contributed by atoms with Crippen LogP contribution in [0.5, 0.6) is 0 Å². The van der Waals surface area contributed by atoms with Crippen LogP contribution in [0.25, 0.3) is 0 Å². The maximum Gasteiger partial charge on any atom is 0.0797 e. The van der Waals surface area contributed by atoms with Gasteiger partial charge in [0.05, 0.1) is 5.60 Å². The third-order valence-corrected chi connectivity index (χ3v) is 7.20. The molecule has 0 aromatic carbocycles. The Labute approximate surface area is 131 Å². The molecule has 0 unspecified atom stereocenters. The van der Waals surface area contributed by atoms with E-state index in [2.05, 4.69) is 40.3 Å². The normalized spacial score (nSPS) is 42.7. The third-order valence-electron chi connectivity index (χ3n) is 7.20. The van der Waals surface area contributed by atoms with Crippen molar-refractivity contribution < 1.29 is 5.11 Å². The van der Waals surface area contributed by atoms with Crippen molar-refractivity contribution in [2.45, 2.75) is 78.7 Å². The molecule has 2 rings (SSSR count). The van der Waals surface area contributed by atoms with E-state index < -0.39 is 5.60 Å². The van der Waals surface area contributed by atoms with Crippen molar-refractivity contribution in [1.29, 1.82) is 0 Å². The molecule has 0 bridgehead atoms. The van der Waals surface area contributed by atoms with Crippen LogP contribution in [0, 0.1) is 22.7 Å². The van der Waals surface area contributed by atoms with E-state index in [1.165, 1.54) is 25.7 Å². The van der Waals surface area contributed by atoms with Crippen molar-refractivity contribution in [2.75, 3.05) is 0 Å². The largest absolute Gasteiger partial charge is 0.386 e. The lowest BCUT2D eigenvalue weighted by Gasteiger charge is -2.58. The Hall–Kier alpha value is -0.560. The first-order valence-corrected chi connectivity index (χ1v) is 8.69. The summed E-state index contributed by atoms with van der Waals surface area (Å²) in [4.78, 5) is 0. The molecule has 0 amide bonds. The Morgan fingerprint density at radius 3 is 2.71 bits per heavy atom. The van der Waals surface area contributed by atoms with Gasteiger partial charge in [-0.2, -0.15) is 0 Å². The molecule has 1 nitrogen and oxygen atoms in total. The van der Waals surface area contributed by atoms with Crippen LogP contribution in [-0.2, 0) is 0 Å². The van der Waals surface area contributed by atoms with Gasteiger partial charge in [-0.15, -0.1) is 6.58 Å². The Kier molecular flexibility index (Phi) is 4.46. The van der Waals surface area contributed by atoms with Crippen molar-refractivity contribution in [3.05, 3.63) is 24.3 Å². The van der Waals surface area contributed by atoms with Gasteiger partial charge in [0.2, 0.25) is 0 Å². The van der Waals surface area contributed by atoms with Gasteiger partial charge >= 0.3 is 0 Å². The number of allylic oxidation sites excluding steroid dienone is 2. The molecule has 0 aromatic heterocycles. The van der Waals surface area contributed by atoms with E-state index in [9.17, 15) is 5.11 Å². The van der Waals surface area contributed by atoms with Crippen molar-refractivity contribution in [3.8, 4) is 0 Å². The van der Waals surface area contributed by atoms with Crippen molar-refractivity contribution in [1.82, 2.24) is 0 Å². The summed E-state index contributed by atoms with van der Waals surface area (Å²) in [5.41, 5.74) is 1.58. The molecule has 120 valence electrons. The van der Waals surface area contributed by atoms with Gasteiger partial charge in [-0.25, -0.2) is 0 Å². The first kappa shape index (κ1) is 16.8. The first-order valence-electron chi connectivity index (χ1n) is 8.69. The van der Waals surface area contributed by atoms with E-state index >= 15 is 0 Å². The SMILES string of the molecule is C=C[C@@](C)(O)CC[C@@]1(C)[C@H](C)CC[C@@]2(C)C(C)=CCC[C@@H]12. The molecule has 21 heavy (non-hydrogen) atoms. The van der Waals surface area contributed by atoms with Gasteiger partial charge in [0.15, 0.2) is 0 Å². The Bertz CT molecular complexity index is 433. The van der Waals surface area contributed by atoms with Gasteiger partial charge in [-0.05, 0) is 75.0 Å². The average molecular weight is 290 g/mol. The fraction of sp³-hybridized carbons (Fsp3) is 0.800. The molecule has 0 aliphatic heterocycles. The van der Waals surface area contributed by atoms with Crippen molar-refractivity contribution in [3.63, 3.8) is 0 Å². The smallest absolute Gasteiger partial charge is 0.0797 e. The predicted molar refractivity (Wildman–Crippen MR) is 91.1 cm³/mol. The molecule has 1 N–H and O–H groups in total. The molecule has 0 heterocycles. The molecular formula is C20H34O. The number of aliphatic hydroxyl groups is 1. The quantitative estimate of drug-likeness (QED) is 0.678. The van der Waals surface area contributed by atoms with E-state index in [0.29, 0.717) is 10.8 Å². The Morgan fingerprint density at radius 2 is 2.10 bits per heavy atom. The summed E-state index contributed by atoms with van der Waals surface area (Å²) in [5.74, 6) is 1.49. The minimum Gasteiger partial charge on any atom is -0.386 e. The first-order chi connectivity index (χ1) is 9.66. The van der Waals surface area contributed by atoms with Gasteiger partial charge in [0, 0.05) is 0 Å². The van der Waals surface area contributed by atoms with Crippen LogP contribution in [-0.4, -0.2) is 10.7 Å². The molecule has 0 saturated heterocycles. The van der Waals surface area contributed by atoms with E-state index in [1.807, 2.05) is 6.92 Å². The highest BCUT2D eigenvalue weighted by molar-refractivity contribution is 5.20. The summed E-state index contributed by atoms with van der Waals surface area (Å²) in [6, 6.07) is 0. The zero-order chi connectivity index (χ0) is 15.9. The van der Waals surface area contributed by atoms with Gasteiger partial charge in [-0.1, -0.05) is 38.5 Å². The Balaban J connectivity index is 2.27. The molecule has 1 fully saturated rings. The number of fused-ring (bicyclic) bond motifs is 1. The second-order valence-corrected chi connectivity index (χ2v) is 8.44. The van der Waals surface area contributed by atoms with Gasteiger partial charge in [-0.3, -0.25) is 0 Å². The molecule has 1 saturated carbocycles. The standard InChI is InChI=1S/C20H34O/c1-7-18(4,21)13-14-20(6)16(3)11-12-19(5)15(2)9-8-10-17(19)20/h7,9,16-17,21H,1,8,10-14H2,2-6H3/t16-,17-,18-,19+,20+/m1/s1. The Morgan fingerprint density at radius 1 is 1.43 bits per heavy atom. The van der Waals surface area contributed by atoms with Crippen LogP contribution in [0.15, 0.2) is 24.3 Å². The van der Waals surface area contributed by atoms with Crippen molar-refractivity contribution >= 4 is 0 Å². The summed E-state index contributed by atoms with van der Waals surface area (Å²) in [5, 5.41) is 10.3. The van der Waals surface area contributed by atoms with E-state index in [0.717, 1.165) is 24.7 Å². The molecule has 2 aliphatic rings. The van der Waals surface area contributed by atoms with Crippen LogP contribution < -0.4 is 0 Å². The average Bonchev–Trinajstić information content (AvgIpc) is 2.44. The number of hydrogen-bond acceptors (Lipinski definition) is 1. The summed E-state index contributed by atoms with van der Waals surface area (Å²) in [7, 11) is 0. The lowest BCUT2D eigenvalue weighted by Crippen LogP contribution is -2.50. The monoisotopic (exact) mass is 290 g/mol. The summed E-state index contributed by atoms with van der Waals surface area (Å²) in [6.45, 7) is 15.4. The van der Waals surface area contributed by atoms with Crippen LogP contribution in [0.4, 0.5) is 0 Å². The minimum absolute atomic E-state index is 0.329. The van der Waals surface area contributed by atoms with Crippen LogP contribution in [0.2, 0.25) is 0 Å². The molecule has 0 spiro atoms. The number of hydrogen-bond donors (Lipinski definition) is 1. The van der Waals surface area contributed by atoms with Gasteiger partial charge in [0.25, 0.3) is 0 Å². The lowest BCUT2D eigenvalue weighted by atomic mass is 9.47.